The van der Waals surface area contributed by atoms with E-state index in [0.29, 0.717) is 19.5 Å². The number of methoxy groups -OCH3 is 2. The molecule has 0 bridgehead atoms. The van der Waals surface area contributed by atoms with Crippen LogP contribution in [0.4, 0.5) is 0 Å². The van der Waals surface area contributed by atoms with Gasteiger partial charge in [-0.15, -0.1) is 0 Å². The van der Waals surface area contributed by atoms with Crippen LogP contribution < -0.4 is 9.47 Å². The minimum Gasteiger partial charge on any atom is -0.497 e. The van der Waals surface area contributed by atoms with Gasteiger partial charge in [0.2, 0.25) is 5.91 Å². The molecule has 1 N–H and O–H groups in total. The summed E-state index contributed by atoms with van der Waals surface area (Å²) >= 11 is 0. The van der Waals surface area contributed by atoms with E-state index in [-0.39, 0.29) is 5.91 Å². The van der Waals surface area contributed by atoms with Gasteiger partial charge in [-0.2, -0.15) is 0 Å². The molecule has 30 heavy (non-hydrogen) atoms. The number of rotatable bonds is 5. The average Bonchev–Trinajstić information content (AvgIpc) is 3.36. The minimum atomic E-state index is 0.188. The molecule has 2 aromatic heterocycles. The Balaban J connectivity index is 1.31. The second-order valence-corrected chi connectivity index (χ2v) is 7.74. The number of carbonyl (C=O) groups is 1. The fourth-order valence-electron chi connectivity index (χ4n) is 4.41. The number of benzene rings is 2. The number of H-pyrrole nitrogens is 1. The van der Waals surface area contributed by atoms with Gasteiger partial charge in [0.15, 0.2) is 0 Å². The van der Waals surface area contributed by atoms with E-state index in [0.717, 1.165) is 46.3 Å². The van der Waals surface area contributed by atoms with Crippen LogP contribution in [0.2, 0.25) is 0 Å². The number of hydrogen-bond donors (Lipinski definition) is 1. The summed E-state index contributed by atoms with van der Waals surface area (Å²) < 4.78 is 12.8. The number of amides is 1. The molecule has 5 rings (SSSR count). The van der Waals surface area contributed by atoms with Crippen LogP contribution in [0.3, 0.4) is 0 Å². The molecule has 0 fully saturated rings. The van der Waals surface area contributed by atoms with Crippen molar-refractivity contribution in [1.29, 1.82) is 0 Å². The highest BCUT2D eigenvalue weighted by atomic mass is 16.5. The molecule has 0 atom stereocenters. The second-order valence-electron chi connectivity index (χ2n) is 7.74. The highest BCUT2D eigenvalue weighted by molar-refractivity contribution is 5.87. The Labute approximate surface area is 175 Å². The van der Waals surface area contributed by atoms with Gasteiger partial charge < -0.3 is 23.9 Å². The van der Waals surface area contributed by atoms with Gasteiger partial charge in [0.25, 0.3) is 0 Å². The van der Waals surface area contributed by atoms with Gasteiger partial charge in [-0.3, -0.25) is 4.79 Å². The van der Waals surface area contributed by atoms with Gasteiger partial charge >= 0.3 is 0 Å². The molecule has 0 radical (unpaired) electrons. The zero-order valence-corrected chi connectivity index (χ0v) is 17.3. The number of nitrogens with zero attached hydrogens (tertiary/aromatic N) is 2. The van der Waals surface area contributed by atoms with Crippen molar-refractivity contribution in [3.8, 4) is 11.5 Å². The molecule has 0 saturated heterocycles. The number of nitrogens with one attached hydrogen (secondary N) is 1. The Bertz CT molecular complexity index is 1240. The summed E-state index contributed by atoms with van der Waals surface area (Å²) in [5.74, 6) is 1.87. The predicted octanol–water partition coefficient (Wildman–Crippen LogP) is 4.11. The largest absolute Gasteiger partial charge is 0.497 e. The summed E-state index contributed by atoms with van der Waals surface area (Å²) in [5, 5.41) is 2.27. The summed E-state index contributed by atoms with van der Waals surface area (Å²) in [7, 11) is 3.35. The van der Waals surface area contributed by atoms with E-state index in [4.69, 9.17) is 9.47 Å². The Morgan fingerprint density at radius 1 is 1.07 bits per heavy atom. The SMILES string of the molecule is COc1ccc2c(ccn2CCC(=O)N2CCc3[nH]c4ccc(OC)cc4c3C2)c1. The molecule has 4 aromatic rings. The van der Waals surface area contributed by atoms with E-state index < -0.39 is 0 Å². The molecule has 0 spiro atoms. The zero-order chi connectivity index (χ0) is 20.7. The number of ether oxygens (including phenoxy) is 2. The number of hydrogen-bond acceptors (Lipinski definition) is 3. The monoisotopic (exact) mass is 403 g/mol. The first-order chi connectivity index (χ1) is 14.7. The molecule has 1 aliphatic rings. The molecule has 6 heteroatoms. The molecular formula is C24H25N3O3. The van der Waals surface area contributed by atoms with E-state index in [1.54, 1.807) is 14.2 Å². The van der Waals surface area contributed by atoms with Crippen molar-refractivity contribution >= 4 is 27.7 Å². The lowest BCUT2D eigenvalue weighted by Crippen LogP contribution is -2.36. The third-order valence-electron chi connectivity index (χ3n) is 6.08. The van der Waals surface area contributed by atoms with Gasteiger partial charge in [-0.25, -0.2) is 0 Å². The van der Waals surface area contributed by atoms with E-state index in [1.165, 1.54) is 11.3 Å². The van der Waals surface area contributed by atoms with E-state index in [9.17, 15) is 4.79 Å². The fourth-order valence-corrected chi connectivity index (χ4v) is 4.41. The quantitative estimate of drug-likeness (QED) is 0.545. The van der Waals surface area contributed by atoms with E-state index in [1.807, 2.05) is 41.4 Å². The maximum absolute atomic E-state index is 13.0. The summed E-state index contributed by atoms with van der Waals surface area (Å²) in [5.41, 5.74) is 4.66. The molecule has 1 amide bonds. The third kappa shape index (κ3) is 3.18. The maximum atomic E-state index is 13.0. The topological polar surface area (TPSA) is 59.5 Å². The molecular weight excluding hydrogens is 378 g/mol. The van der Waals surface area contributed by atoms with Crippen LogP contribution in [-0.2, 0) is 24.3 Å². The first kappa shape index (κ1) is 18.6. The lowest BCUT2D eigenvalue weighted by Gasteiger charge is -2.27. The minimum absolute atomic E-state index is 0.188. The van der Waals surface area contributed by atoms with Crippen LogP contribution >= 0.6 is 0 Å². The Morgan fingerprint density at radius 2 is 1.87 bits per heavy atom. The molecule has 0 aliphatic carbocycles. The lowest BCUT2D eigenvalue weighted by molar-refractivity contribution is -0.132. The number of aryl methyl sites for hydroxylation is 1. The van der Waals surface area contributed by atoms with E-state index >= 15 is 0 Å². The molecule has 0 saturated carbocycles. The molecule has 154 valence electrons. The van der Waals surface area contributed by atoms with Crippen LogP contribution in [0.25, 0.3) is 21.8 Å². The Hall–Kier alpha value is -3.41. The van der Waals surface area contributed by atoms with E-state index in [2.05, 4.69) is 21.7 Å². The Morgan fingerprint density at radius 3 is 2.70 bits per heavy atom. The standard InChI is InChI=1S/C24H25N3O3/c1-29-17-4-6-23-16(13-17)7-10-26(23)12-9-24(28)27-11-8-22-20(15-27)19-14-18(30-2)3-5-21(19)25-22/h3-7,10,13-14,25H,8-9,11-12,15H2,1-2H3. The van der Waals surface area contributed by atoms with Crippen molar-refractivity contribution in [3.05, 3.63) is 59.9 Å². The number of aromatic amines is 1. The maximum Gasteiger partial charge on any atom is 0.224 e. The molecule has 2 aromatic carbocycles. The summed E-state index contributed by atoms with van der Waals surface area (Å²) in [6.07, 6.45) is 3.37. The van der Waals surface area contributed by atoms with Crippen LogP contribution in [0.5, 0.6) is 11.5 Å². The zero-order valence-electron chi connectivity index (χ0n) is 17.3. The van der Waals surface area contributed by atoms with Crippen molar-refractivity contribution in [2.45, 2.75) is 25.9 Å². The molecule has 0 unspecified atom stereocenters. The average molecular weight is 403 g/mol. The van der Waals surface area contributed by atoms with Crippen molar-refractivity contribution < 1.29 is 14.3 Å². The van der Waals surface area contributed by atoms with Crippen molar-refractivity contribution in [1.82, 2.24) is 14.5 Å². The molecule has 6 nitrogen and oxygen atoms in total. The van der Waals surface area contributed by atoms with Gasteiger partial charge in [0.1, 0.15) is 11.5 Å². The van der Waals surface area contributed by atoms with Crippen LogP contribution in [0.1, 0.15) is 17.7 Å². The summed E-state index contributed by atoms with van der Waals surface area (Å²) in [6, 6.07) is 14.1. The van der Waals surface area contributed by atoms with Crippen molar-refractivity contribution in [2.75, 3.05) is 20.8 Å². The van der Waals surface area contributed by atoms with Crippen LogP contribution in [0.15, 0.2) is 48.7 Å². The predicted molar refractivity (Wildman–Crippen MR) is 117 cm³/mol. The highest BCUT2D eigenvalue weighted by Gasteiger charge is 2.24. The number of aromatic nitrogens is 2. The first-order valence-corrected chi connectivity index (χ1v) is 10.2. The molecule has 1 aliphatic heterocycles. The summed E-state index contributed by atoms with van der Waals surface area (Å²) in [4.78, 5) is 18.5. The second kappa shape index (κ2) is 7.44. The third-order valence-corrected chi connectivity index (χ3v) is 6.08. The van der Waals surface area contributed by atoms with Gasteiger partial charge in [-0.05, 0) is 42.5 Å². The van der Waals surface area contributed by atoms with Crippen LogP contribution in [0, 0.1) is 0 Å². The molecule has 3 heterocycles. The van der Waals surface area contributed by atoms with Gasteiger partial charge in [0, 0.05) is 71.7 Å². The van der Waals surface area contributed by atoms with Gasteiger partial charge in [0.05, 0.1) is 14.2 Å². The number of carbonyl (C=O) groups excluding carboxylic acids is 1. The Kier molecular flexibility index (Phi) is 4.62. The summed E-state index contributed by atoms with van der Waals surface area (Å²) in [6.45, 7) is 2.06. The van der Waals surface area contributed by atoms with Crippen molar-refractivity contribution in [3.63, 3.8) is 0 Å². The highest BCUT2D eigenvalue weighted by Crippen LogP contribution is 2.31. The van der Waals surface area contributed by atoms with Crippen LogP contribution in [-0.4, -0.2) is 41.1 Å². The van der Waals surface area contributed by atoms with Gasteiger partial charge in [-0.1, -0.05) is 0 Å². The number of fused-ring (bicyclic) bond motifs is 4. The normalized spacial score (nSPS) is 13.6. The fraction of sp³-hybridized carbons (Fsp3) is 0.292. The lowest BCUT2D eigenvalue weighted by atomic mass is 10.0. The smallest absolute Gasteiger partial charge is 0.224 e. The van der Waals surface area contributed by atoms with Crippen molar-refractivity contribution in [2.24, 2.45) is 0 Å². The first-order valence-electron chi connectivity index (χ1n) is 10.2.